The van der Waals surface area contributed by atoms with Crippen LogP contribution in [-0.2, 0) is 11.2 Å². The molecule has 1 aromatic rings. The number of aromatic amines is 1. The zero-order valence-corrected chi connectivity index (χ0v) is 5.59. The predicted molar refractivity (Wildman–Crippen MR) is 32.7 cm³/mol. The number of hydrogen-bond donors (Lipinski definition) is 1. The molecule has 1 N–H and O–H groups in total. The van der Waals surface area contributed by atoms with E-state index in [4.69, 9.17) is 4.74 Å². The van der Waals surface area contributed by atoms with Crippen LogP contribution in [0.5, 0.6) is 0 Å². The van der Waals surface area contributed by atoms with Crippen LogP contribution in [0.15, 0.2) is 9.32 Å². The van der Waals surface area contributed by atoms with Crippen molar-refractivity contribution in [2.75, 3.05) is 13.7 Å². The van der Waals surface area contributed by atoms with Crippen molar-refractivity contribution in [2.45, 2.75) is 6.42 Å². The molecule has 10 heavy (non-hydrogen) atoms. The van der Waals surface area contributed by atoms with E-state index < -0.39 is 5.76 Å². The summed E-state index contributed by atoms with van der Waals surface area (Å²) < 4.78 is 9.00. The molecule has 0 aromatic carbocycles. The molecule has 56 valence electrons. The van der Waals surface area contributed by atoms with Gasteiger partial charge in [-0.25, -0.2) is 4.79 Å². The highest BCUT2D eigenvalue weighted by molar-refractivity contribution is 4.77. The van der Waals surface area contributed by atoms with E-state index in [1.165, 1.54) is 0 Å². The summed E-state index contributed by atoms with van der Waals surface area (Å²) in [5, 5.41) is 3.43. The van der Waals surface area contributed by atoms with Crippen LogP contribution in [0.2, 0.25) is 0 Å². The summed E-state index contributed by atoms with van der Waals surface area (Å²) in [6.45, 7) is 0.530. The average Bonchev–Trinajstić information content (AvgIpc) is 2.31. The lowest BCUT2D eigenvalue weighted by Crippen LogP contribution is -2.00. The van der Waals surface area contributed by atoms with Crippen molar-refractivity contribution in [1.29, 1.82) is 0 Å². The molecule has 0 aliphatic carbocycles. The maximum atomic E-state index is 10.3. The van der Waals surface area contributed by atoms with E-state index in [9.17, 15) is 4.79 Å². The molecule has 1 heterocycles. The Balaban J connectivity index is 2.50. The Morgan fingerprint density at radius 1 is 1.80 bits per heavy atom. The van der Waals surface area contributed by atoms with Gasteiger partial charge in [-0.3, -0.25) is 9.51 Å². The molecule has 0 aliphatic rings. The Labute approximate surface area is 57.0 Å². The highest BCUT2D eigenvalue weighted by Gasteiger charge is 1.97. The van der Waals surface area contributed by atoms with Crippen molar-refractivity contribution in [3.63, 3.8) is 0 Å². The molecule has 0 unspecified atom stereocenters. The van der Waals surface area contributed by atoms with Gasteiger partial charge in [0.25, 0.3) is 0 Å². The number of H-pyrrole nitrogens is 1. The lowest BCUT2D eigenvalue weighted by atomic mass is 10.4. The van der Waals surface area contributed by atoms with Crippen molar-refractivity contribution >= 4 is 0 Å². The highest BCUT2D eigenvalue weighted by Crippen LogP contribution is 1.85. The summed E-state index contributed by atoms with van der Waals surface area (Å²) in [4.78, 5) is 12.7. The van der Waals surface area contributed by atoms with Crippen LogP contribution in [0.1, 0.15) is 5.82 Å². The van der Waals surface area contributed by atoms with Gasteiger partial charge in [-0.15, -0.1) is 0 Å². The summed E-state index contributed by atoms with van der Waals surface area (Å²) in [5.41, 5.74) is 0. The summed E-state index contributed by atoms with van der Waals surface area (Å²) in [6, 6.07) is 0. The number of methoxy groups -OCH3 is 1. The van der Waals surface area contributed by atoms with Crippen LogP contribution in [0.4, 0.5) is 0 Å². The largest absolute Gasteiger partial charge is 0.438 e. The highest BCUT2D eigenvalue weighted by atomic mass is 16.5. The van der Waals surface area contributed by atoms with E-state index in [2.05, 4.69) is 14.7 Å². The quantitative estimate of drug-likeness (QED) is 0.624. The third-order valence-corrected chi connectivity index (χ3v) is 1.03. The van der Waals surface area contributed by atoms with Gasteiger partial charge in [-0.05, 0) is 0 Å². The van der Waals surface area contributed by atoms with Gasteiger partial charge in [-0.1, -0.05) is 5.16 Å². The number of aromatic nitrogens is 2. The molecule has 1 aromatic heterocycles. The Morgan fingerprint density at radius 3 is 3.10 bits per heavy atom. The zero-order chi connectivity index (χ0) is 7.40. The molecule has 0 atom stereocenters. The first kappa shape index (κ1) is 7.01. The average molecular weight is 144 g/mol. The maximum absolute atomic E-state index is 10.3. The molecule has 5 nitrogen and oxygen atoms in total. The summed E-state index contributed by atoms with van der Waals surface area (Å²) >= 11 is 0. The normalized spacial score (nSPS) is 10.1. The van der Waals surface area contributed by atoms with Crippen molar-refractivity contribution in [3.8, 4) is 0 Å². The zero-order valence-electron chi connectivity index (χ0n) is 5.59. The number of nitrogens with one attached hydrogen (secondary N) is 1. The molecule has 0 fully saturated rings. The second-order valence-electron chi connectivity index (χ2n) is 1.78. The molecular formula is C5H8N2O3. The summed E-state index contributed by atoms with van der Waals surface area (Å²) in [6.07, 6.45) is 0.572. The molecule has 1 rings (SSSR count). The number of nitrogens with zero attached hydrogens (tertiary/aromatic N) is 1. The van der Waals surface area contributed by atoms with Crippen molar-refractivity contribution in [2.24, 2.45) is 0 Å². The van der Waals surface area contributed by atoms with E-state index in [0.717, 1.165) is 0 Å². The minimum Gasteiger partial charge on any atom is -0.384 e. The Morgan fingerprint density at radius 2 is 2.60 bits per heavy atom. The van der Waals surface area contributed by atoms with Gasteiger partial charge >= 0.3 is 5.76 Å². The van der Waals surface area contributed by atoms with Crippen LogP contribution in [0, 0.1) is 0 Å². The minimum absolute atomic E-state index is 0.520. The first-order valence-electron chi connectivity index (χ1n) is 2.86. The lowest BCUT2D eigenvalue weighted by molar-refractivity contribution is 0.199. The van der Waals surface area contributed by atoms with Gasteiger partial charge in [0.1, 0.15) is 0 Å². The van der Waals surface area contributed by atoms with E-state index in [-0.39, 0.29) is 0 Å². The first-order valence-corrected chi connectivity index (χ1v) is 2.86. The first-order chi connectivity index (χ1) is 4.83. The Kier molecular flexibility index (Phi) is 2.22. The molecule has 0 saturated heterocycles. The topological polar surface area (TPSA) is 68.1 Å². The van der Waals surface area contributed by atoms with Gasteiger partial charge in [0.2, 0.25) is 0 Å². The van der Waals surface area contributed by atoms with Crippen LogP contribution in [0.3, 0.4) is 0 Å². The molecule has 0 amide bonds. The second-order valence-corrected chi connectivity index (χ2v) is 1.78. The van der Waals surface area contributed by atoms with E-state index in [0.29, 0.717) is 18.9 Å². The monoisotopic (exact) mass is 144 g/mol. The number of ether oxygens (including phenoxy) is 1. The summed E-state index contributed by atoms with van der Waals surface area (Å²) in [7, 11) is 1.58. The van der Waals surface area contributed by atoms with Crippen LogP contribution < -0.4 is 5.76 Å². The molecular weight excluding hydrogens is 136 g/mol. The SMILES string of the molecule is COCCc1noc(=O)[nH]1. The molecule has 0 aliphatic heterocycles. The fourth-order valence-electron chi connectivity index (χ4n) is 0.567. The molecule has 0 radical (unpaired) electrons. The molecule has 5 heteroatoms. The Hall–Kier alpha value is -1.10. The molecule has 0 saturated carbocycles. The number of rotatable bonds is 3. The van der Waals surface area contributed by atoms with Crippen LogP contribution >= 0.6 is 0 Å². The van der Waals surface area contributed by atoms with Gasteiger partial charge < -0.3 is 4.74 Å². The fraction of sp³-hybridized carbons (Fsp3) is 0.600. The lowest BCUT2D eigenvalue weighted by Gasteiger charge is -1.90. The third kappa shape index (κ3) is 1.70. The second kappa shape index (κ2) is 3.17. The third-order valence-electron chi connectivity index (χ3n) is 1.03. The summed E-state index contributed by atoms with van der Waals surface area (Å²) in [5.74, 6) is -0.00190. The number of hydrogen-bond acceptors (Lipinski definition) is 4. The van der Waals surface area contributed by atoms with Gasteiger partial charge in [0, 0.05) is 13.5 Å². The molecule has 0 spiro atoms. The van der Waals surface area contributed by atoms with Crippen molar-refractivity contribution in [3.05, 3.63) is 16.4 Å². The van der Waals surface area contributed by atoms with Crippen molar-refractivity contribution in [1.82, 2.24) is 10.1 Å². The predicted octanol–water partition coefficient (Wildman–Crippen LogP) is -0.448. The van der Waals surface area contributed by atoms with E-state index in [1.54, 1.807) is 7.11 Å². The van der Waals surface area contributed by atoms with Crippen molar-refractivity contribution < 1.29 is 9.26 Å². The standard InChI is InChI=1S/C5H8N2O3/c1-9-3-2-4-6-5(8)10-7-4/h2-3H2,1H3,(H,6,7,8). The van der Waals surface area contributed by atoms with Gasteiger partial charge in [0.05, 0.1) is 6.61 Å². The van der Waals surface area contributed by atoms with E-state index >= 15 is 0 Å². The van der Waals surface area contributed by atoms with Crippen LogP contribution in [0.25, 0.3) is 0 Å². The smallest absolute Gasteiger partial charge is 0.384 e. The Bertz CT molecular complexity index is 239. The minimum atomic E-state index is -0.522. The van der Waals surface area contributed by atoms with E-state index in [1.807, 2.05) is 0 Å². The van der Waals surface area contributed by atoms with Gasteiger partial charge in [0.15, 0.2) is 5.82 Å². The van der Waals surface area contributed by atoms with Crippen LogP contribution in [-0.4, -0.2) is 23.9 Å². The molecule has 0 bridgehead atoms. The fourth-order valence-corrected chi connectivity index (χ4v) is 0.567. The maximum Gasteiger partial charge on any atom is 0.438 e. The van der Waals surface area contributed by atoms with Gasteiger partial charge in [-0.2, -0.15) is 0 Å².